The fourth-order valence-electron chi connectivity index (χ4n) is 3.27. The Bertz CT molecular complexity index is 1100. The minimum Gasteiger partial charge on any atom is -0.467 e. The number of methoxy groups -OCH3 is 1. The molecule has 29 heavy (non-hydrogen) atoms. The summed E-state index contributed by atoms with van der Waals surface area (Å²) in [7, 11) is 1.50. The third-order valence-electron chi connectivity index (χ3n) is 4.66. The number of halogens is 1. The van der Waals surface area contributed by atoms with Crippen LogP contribution in [-0.2, 0) is 0 Å². The molecule has 2 aromatic carbocycles. The van der Waals surface area contributed by atoms with E-state index in [0.29, 0.717) is 17.1 Å². The van der Waals surface area contributed by atoms with E-state index in [4.69, 9.17) is 4.74 Å². The molecule has 0 aliphatic carbocycles. The van der Waals surface area contributed by atoms with Gasteiger partial charge in [0, 0.05) is 11.8 Å². The van der Waals surface area contributed by atoms with Gasteiger partial charge in [0.1, 0.15) is 5.82 Å². The van der Waals surface area contributed by atoms with E-state index in [1.807, 2.05) is 34.9 Å². The van der Waals surface area contributed by atoms with E-state index in [9.17, 15) is 9.50 Å². The molecular weight excluding hydrogens is 371 g/mol. The maximum Gasteiger partial charge on any atom is 0.316 e. The Hall–Kier alpha value is -3.58. The molecule has 0 spiro atoms. The van der Waals surface area contributed by atoms with Gasteiger partial charge in [0.15, 0.2) is 0 Å². The van der Waals surface area contributed by atoms with Crippen LogP contribution in [0.2, 0.25) is 0 Å². The minimum atomic E-state index is -0.367. The molecule has 1 atom stereocenters. The first kappa shape index (κ1) is 18.8. The van der Waals surface area contributed by atoms with Crippen LogP contribution < -0.4 is 4.74 Å². The van der Waals surface area contributed by atoms with Gasteiger partial charge in [0.25, 0.3) is 0 Å². The van der Waals surface area contributed by atoms with Crippen molar-refractivity contribution in [2.24, 2.45) is 0 Å². The zero-order valence-corrected chi connectivity index (χ0v) is 15.7. The maximum absolute atomic E-state index is 13.4. The lowest BCUT2D eigenvalue weighted by Crippen LogP contribution is -2.15. The number of aliphatic hydroxyl groups is 1. The highest BCUT2D eigenvalue weighted by atomic mass is 19.1. The number of imidazole rings is 1. The Kier molecular flexibility index (Phi) is 5.31. The average molecular weight is 390 g/mol. The van der Waals surface area contributed by atoms with Gasteiger partial charge in [-0.1, -0.05) is 30.3 Å². The highest BCUT2D eigenvalue weighted by Crippen LogP contribution is 2.34. The van der Waals surface area contributed by atoms with E-state index in [0.717, 1.165) is 11.1 Å². The van der Waals surface area contributed by atoms with Crippen molar-refractivity contribution in [2.45, 2.75) is 6.04 Å². The predicted octanol–water partition coefficient (Wildman–Crippen LogP) is 3.74. The molecule has 0 fully saturated rings. The van der Waals surface area contributed by atoms with Crippen molar-refractivity contribution < 1.29 is 14.2 Å². The molecule has 4 aromatic rings. The van der Waals surface area contributed by atoms with E-state index >= 15 is 0 Å². The third kappa shape index (κ3) is 3.72. The van der Waals surface area contributed by atoms with E-state index in [2.05, 4.69) is 15.0 Å². The fraction of sp³-hybridized carbons (Fsp3) is 0.136. The summed E-state index contributed by atoms with van der Waals surface area (Å²) in [5.41, 5.74) is 3.56. The number of hydrogen-bond donors (Lipinski definition) is 1. The van der Waals surface area contributed by atoms with Crippen LogP contribution in [0.25, 0.3) is 22.6 Å². The van der Waals surface area contributed by atoms with Gasteiger partial charge in [-0.3, -0.25) is 0 Å². The van der Waals surface area contributed by atoms with Gasteiger partial charge < -0.3 is 14.4 Å². The molecule has 2 aromatic heterocycles. The normalized spacial score (nSPS) is 12.0. The predicted molar refractivity (Wildman–Crippen MR) is 107 cm³/mol. The van der Waals surface area contributed by atoms with Crippen LogP contribution in [0.1, 0.15) is 11.6 Å². The van der Waals surface area contributed by atoms with E-state index in [1.165, 1.54) is 19.2 Å². The number of nitrogens with zero attached hydrogens (tertiary/aromatic N) is 4. The zero-order chi connectivity index (χ0) is 20.2. The van der Waals surface area contributed by atoms with Gasteiger partial charge in [0.05, 0.1) is 43.2 Å². The number of ether oxygens (including phenoxy) is 1. The monoisotopic (exact) mass is 390 g/mol. The van der Waals surface area contributed by atoms with Crippen molar-refractivity contribution in [3.8, 4) is 28.7 Å². The largest absolute Gasteiger partial charge is 0.467 e. The summed E-state index contributed by atoms with van der Waals surface area (Å²) in [6.07, 6.45) is 3.26. The van der Waals surface area contributed by atoms with Crippen LogP contribution in [0, 0.1) is 5.82 Å². The van der Waals surface area contributed by atoms with Crippen LogP contribution in [0.15, 0.2) is 73.2 Å². The SMILES string of the molecule is COc1nccc(-c2c(-c3ccc(F)cc3)ncn2[C@H](CO)c2ccccc2)n1. The Morgan fingerprint density at radius 1 is 1.03 bits per heavy atom. The summed E-state index contributed by atoms with van der Waals surface area (Å²) < 4.78 is 20.5. The van der Waals surface area contributed by atoms with E-state index < -0.39 is 0 Å². The van der Waals surface area contributed by atoms with Crippen LogP contribution in [-0.4, -0.2) is 38.3 Å². The summed E-state index contributed by atoms with van der Waals surface area (Å²) in [5.74, 6) is -0.323. The molecule has 146 valence electrons. The quantitative estimate of drug-likeness (QED) is 0.543. The minimum absolute atomic E-state index is 0.127. The molecule has 0 saturated carbocycles. The van der Waals surface area contributed by atoms with Gasteiger partial charge in [-0.2, -0.15) is 4.98 Å². The van der Waals surface area contributed by atoms with Crippen molar-refractivity contribution >= 4 is 0 Å². The molecule has 0 amide bonds. The molecule has 1 N–H and O–H groups in total. The summed E-state index contributed by atoms with van der Waals surface area (Å²) in [6.45, 7) is -0.127. The summed E-state index contributed by atoms with van der Waals surface area (Å²) in [5, 5.41) is 10.2. The molecule has 0 aliphatic heterocycles. The molecule has 0 saturated heterocycles. The van der Waals surface area contributed by atoms with Gasteiger partial charge in [-0.25, -0.2) is 14.4 Å². The first-order valence-electron chi connectivity index (χ1n) is 9.07. The van der Waals surface area contributed by atoms with E-state index in [1.54, 1.807) is 30.7 Å². The Balaban J connectivity index is 1.93. The summed E-state index contributed by atoms with van der Waals surface area (Å²) in [6, 6.07) is 17.4. The highest BCUT2D eigenvalue weighted by Gasteiger charge is 2.23. The zero-order valence-electron chi connectivity index (χ0n) is 15.7. The fourth-order valence-corrected chi connectivity index (χ4v) is 3.27. The molecule has 0 unspecified atom stereocenters. The number of hydrogen-bond acceptors (Lipinski definition) is 5. The van der Waals surface area contributed by atoms with Crippen molar-refractivity contribution in [1.82, 2.24) is 19.5 Å². The lowest BCUT2D eigenvalue weighted by Gasteiger charge is -2.20. The maximum atomic E-state index is 13.4. The number of benzene rings is 2. The molecule has 4 rings (SSSR count). The smallest absolute Gasteiger partial charge is 0.316 e. The van der Waals surface area contributed by atoms with Crippen LogP contribution in [0.5, 0.6) is 6.01 Å². The number of aliphatic hydroxyl groups excluding tert-OH is 1. The van der Waals surface area contributed by atoms with Gasteiger partial charge in [0.2, 0.25) is 0 Å². The molecule has 7 heteroatoms. The van der Waals surface area contributed by atoms with Crippen LogP contribution in [0.3, 0.4) is 0 Å². The van der Waals surface area contributed by atoms with Crippen molar-refractivity contribution in [2.75, 3.05) is 13.7 Å². The second-order valence-electron chi connectivity index (χ2n) is 6.39. The van der Waals surface area contributed by atoms with E-state index in [-0.39, 0.29) is 24.5 Å². The molecule has 0 radical (unpaired) electrons. The lowest BCUT2D eigenvalue weighted by molar-refractivity contribution is 0.250. The molecule has 6 nitrogen and oxygen atoms in total. The standard InChI is InChI=1S/C22H19FN4O2/c1-29-22-24-12-11-18(26-22)21-20(16-7-9-17(23)10-8-16)25-14-27(21)19(13-28)15-5-3-2-4-6-15/h2-12,14,19,28H,13H2,1H3/t19-/m1/s1. The molecular formula is C22H19FN4O2. The Morgan fingerprint density at radius 2 is 1.79 bits per heavy atom. The second kappa shape index (κ2) is 8.20. The lowest BCUT2D eigenvalue weighted by atomic mass is 10.0. The Labute approximate surface area is 167 Å². The number of rotatable bonds is 6. The number of aromatic nitrogens is 4. The van der Waals surface area contributed by atoms with Crippen LogP contribution >= 0.6 is 0 Å². The van der Waals surface area contributed by atoms with Gasteiger partial charge in [-0.15, -0.1) is 0 Å². The molecule has 0 bridgehead atoms. The van der Waals surface area contributed by atoms with Gasteiger partial charge in [-0.05, 0) is 35.9 Å². The molecule has 2 heterocycles. The topological polar surface area (TPSA) is 73.1 Å². The van der Waals surface area contributed by atoms with Crippen LogP contribution in [0.4, 0.5) is 4.39 Å². The van der Waals surface area contributed by atoms with Crippen molar-refractivity contribution in [3.05, 3.63) is 84.6 Å². The van der Waals surface area contributed by atoms with Crippen molar-refractivity contribution in [1.29, 1.82) is 0 Å². The third-order valence-corrected chi connectivity index (χ3v) is 4.66. The first-order chi connectivity index (χ1) is 14.2. The Morgan fingerprint density at radius 3 is 2.48 bits per heavy atom. The average Bonchev–Trinajstić information content (AvgIpc) is 3.20. The highest BCUT2D eigenvalue weighted by molar-refractivity contribution is 5.77. The first-order valence-corrected chi connectivity index (χ1v) is 9.07. The molecule has 0 aliphatic rings. The van der Waals surface area contributed by atoms with Crippen molar-refractivity contribution in [3.63, 3.8) is 0 Å². The summed E-state index contributed by atoms with van der Waals surface area (Å²) >= 11 is 0. The second-order valence-corrected chi connectivity index (χ2v) is 6.39. The summed E-state index contributed by atoms with van der Waals surface area (Å²) in [4.78, 5) is 13.1. The van der Waals surface area contributed by atoms with Gasteiger partial charge >= 0.3 is 6.01 Å².